The molecule has 0 fully saturated rings. The van der Waals surface area contributed by atoms with Crippen molar-refractivity contribution in [3.8, 4) is 5.69 Å². The van der Waals surface area contributed by atoms with E-state index in [9.17, 15) is 9.18 Å². The van der Waals surface area contributed by atoms with Crippen LogP contribution in [0, 0.1) is 12.7 Å². The third-order valence-electron chi connectivity index (χ3n) is 5.03. The predicted molar refractivity (Wildman–Crippen MR) is 112 cm³/mol. The Morgan fingerprint density at radius 3 is 2.90 bits per heavy atom. The van der Waals surface area contributed by atoms with Gasteiger partial charge in [0.2, 0.25) is 5.43 Å². The molecule has 7 nitrogen and oxygen atoms in total. The number of hydrogen-bond acceptors (Lipinski definition) is 6. The highest BCUT2D eigenvalue weighted by Crippen LogP contribution is 2.35. The Morgan fingerprint density at radius 1 is 1.13 bits per heavy atom. The molecular weight excluding hydrogens is 383 g/mol. The molecule has 0 N–H and O–H groups in total. The molecule has 0 aliphatic carbocycles. The number of rotatable bonds is 3. The fourth-order valence-electron chi connectivity index (χ4n) is 3.64. The Morgan fingerprint density at radius 2 is 2.03 bits per heavy atom. The lowest BCUT2D eigenvalue weighted by atomic mass is 10.1. The molecule has 1 atom stereocenters. The first-order chi connectivity index (χ1) is 14.6. The number of anilines is 1. The molecule has 0 amide bonds. The maximum absolute atomic E-state index is 13.9. The van der Waals surface area contributed by atoms with E-state index in [1.54, 1.807) is 52.8 Å². The van der Waals surface area contributed by atoms with Gasteiger partial charge in [-0.3, -0.25) is 19.8 Å². The van der Waals surface area contributed by atoms with Crippen LogP contribution >= 0.6 is 0 Å². The van der Waals surface area contributed by atoms with Crippen LogP contribution in [0.25, 0.3) is 16.6 Å². The van der Waals surface area contributed by atoms with Gasteiger partial charge in [0.15, 0.2) is 0 Å². The van der Waals surface area contributed by atoms with Crippen LogP contribution in [0.1, 0.15) is 23.7 Å². The number of aryl methyl sites for hydroxylation is 1. The fraction of sp³-hybridized carbons (Fsp3) is 0.136. The zero-order valence-corrected chi connectivity index (χ0v) is 16.1. The summed E-state index contributed by atoms with van der Waals surface area (Å²) in [6.07, 6.45) is 8.97. The van der Waals surface area contributed by atoms with Crippen LogP contribution in [0.3, 0.4) is 0 Å². The predicted octanol–water partition coefficient (Wildman–Crippen LogP) is 3.56. The van der Waals surface area contributed by atoms with Gasteiger partial charge in [-0.15, -0.1) is 0 Å². The van der Waals surface area contributed by atoms with Crippen molar-refractivity contribution in [3.63, 3.8) is 0 Å². The molecule has 1 aliphatic rings. The van der Waals surface area contributed by atoms with Gasteiger partial charge in [0, 0.05) is 42.7 Å². The lowest BCUT2D eigenvalue weighted by Crippen LogP contribution is -2.27. The average molecular weight is 400 g/mol. The van der Waals surface area contributed by atoms with Crippen molar-refractivity contribution >= 4 is 22.8 Å². The van der Waals surface area contributed by atoms with Crippen molar-refractivity contribution in [3.05, 3.63) is 88.5 Å². The van der Waals surface area contributed by atoms with Gasteiger partial charge >= 0.3 is 0 Å². The summed E-state index contributed by atoms with van der Waals surface area (Å²) in [5.74, 6) is -0.358. The van der Waals surface area contributed by atoms with Crippen LogP contribution in [0.15, 0.2) is 71.1 Å². The van der Waals surface area contributed by atoms with Crippen molar-refractivity contribution < 1.29 is 4.39 Å². The van der Waals surface area contributed by atoms with E-state index in [-0.39, 0.29) is 11.2 Å². The van der Waals surface area contributed by atoms with E-state index in [2.05, 4.69) is 20.2 Å². The summed E-state index contributed by atoms with van der Waals surface area (Å²) < 4.78 is 15.5. The normalized spacial score (nSPS) is 15.8. The second kappa shape index (κ2) is 7.14. The fourth-order valence-corrected chi connectivity index (χ4v) is 3.64. The second-order valence-electron chi connectivity index (χ2n) is 7.12. The molecule has 1 aromatic carbocycles. The number of hydrazone groups is 1. The van der Waals surface area contributed by atoms with E-state index < -0.39 is 6.04 Å². The minimum Gasteiger partial charge on any atom is -0.288 e. The molecule has 5 rings (SSSR count). The van der Waals surface area contributed by atoms with Gasteiger partial charge in [0.05, 0.1) is 23.1 Å². The zero-order chi connectivity index (χ0) is 20.7. The SMILES string of the molecule is Cc1cncc(-n2ccc(=O)c(C3CC=NN3c3ccnc4ccc(F)cc34)n2)c1. The van der Waals surface area contributed by atoms with Crippen molar-refractivity contribution in [2.45, 2.75) is 19.4 Å². The summed E-state index contributed by atoms with van der Waals surface area (Å²) in [6, 6.07) is 9.22. The molecule has 0 saturated heterocycles. The molecule has 148 valence electrons. The lowest BCUT2D eigenvalue weighted by molar-refractivity contribution is 0.628. The third-order valence-corrected chi connectivity index (χ3v) is 5.03. The number of halogens is 1. The number of aromatic nitrogens is 4. The Bertz CT molecular complexity index is 1350. The van der Waals surface area contributed by atoms with Crippen LogP contribution in [-0.4, -0.2) is 26.0 Å². The maximum Gasteiger partial charge on any atom is 0.205 e. The summed E-state index contributed by atoms with van der Waals surface area (Å²) in [4.78, 5) is 21.2. The highest BCUT2D eigenvalue weighted by Gasteiger charge is 2.29. The number of hydrogen-bond donors (Lipinski definition) is 0. The molecule has 4 aromatic rings. The van der Waals surface area contributed by atoms with E-state index in [1.165, 1.54) is 18.2 Å². The van der Waals surface area contributed by atoms with Crippen LogP contribution in [0.2, 0.25) is 0 Å². The molecule has 0 spiro atoms. The lowest BCUT2D eigenvalue weighted by Gasteiger charge is -2.24. The molecule has 8 heteroatoms. The first-order valence-corrected chi connectivity index (χ1v) is 9.48. The molecule has 3 aromatic heterocycles. The monoisotopic (exact) mass is 400 g/mol. The molecule has 30 heavy (non-hydrogen) atoms. The zero-order valence-electron chi connectivity index (χ0n) is 16.1. The van der Waals surface area contributed by atoms with Gasteiger partial charge < -0.3 is 0 Å². The molecular formula is C22H17FN6O. The first kappa shape index (κ1) is 18.1. The number of fused-ring (bicyclic) bond motifs is 1. The van der Waals surface area contributed by atoms with Crippen LogP contribution in [-0.2, 0) is 0 Å². The van der Waals surface area contributed by atoms with E-state index in [4.69, 9.17) is 0 Å². The summed E-state index contributed by atoms with van der Waals surface area (Å²) >= 11 is 0. The Hall–Kier alpha value is -3.94. The van der Waals surface area contributed by atoms with Crippen molar-refractivity contribution in [1.29, 1.82) is 0 Å². The minimum atomic E-state index is -0.406. The molecule has 0 saturated carbocycles. The van der Waals surface area contributed by atoms with Crippen molar-refractivity contribution in [1.82, 2.24) is 19.7 Å². The first-order valence-electron chi connectivity index (χ1n) is 9.48. The Labute approximate surface area is 171 Å². The summed E-state index contributed by atoms with van der Waals surface area (Å²) in [7, 11) is 0. The van der Waals surface area contributed by atoms with E-state index in [0.29, 0.717) is 28.7 Å². The molecule has 0 radical (unpaired) electrons. The smallest absolute Gasteiger partial charge is 0.205 e. The summed E-state index contributed by atoms with van der Waals surface area (Å²) in [6.45, 7) is 1.94. The van der Waals surface area contributed by atoms with E-state index in [0.717, 1.165) is 11.3 Å². The van der Waals surface area contributed by atoms with Gasteiger partial charge in [0.1, 0.15) is 17.6 Å². The molecule has 0 bridgehead atoms. The molecule has 4 heterocycles. The number of nitrogens with zero attached hydrogens (tertiary/aromatic N) is 6. The highest BCUT2D eigenvalue weighted by molar-refractivity contribution is 5.92. The van der Waals surface area contributed by atoms with Crippen LogP contribution in [0.5, 0.6) is 0 Å². The quantitative estimate of drug-likeness (QED) is 0.526. The molecule has 1 aliphatic heterocycles. The van der Waals surface area contributed by atoms with Gasteiger partial charge in [-0.25, -0.2) is 9.07 Å². The number of benzene rings is 1. The Kier molecular flexibility index (Phi) is 4.31. The summed E-state index contributed by atoms with van der Waals surface area (Å²) in [5.41, 5.74) is 3.25. The third kappa shape index (κ3) is 3.12. The summed E-state index contributed by atoms with van der Waals surface area (Å²) in [5, 5.41) is 11.4. The molecule has 1 unspecified atom stereocenters. The highest BCUT2D eigenvalue weighted by atomic mass is 19.1. The van der Waals surface area contributed by atoms with Crippen LogP contribution in [0.4, 0.5) is 10.1 Å². The minimum absolute atomic E-state index is 0.183. The topological polar surface area (TPSA) is 76.3 Å². The standard InChI is InChI=1S/C22H17FN6O/c1-14-10-16(13-24-12-14)28-9-6-21(30)22(27-28)20-5-8-26-29(20)19-4-7-25-18-3-2-15(23)11-17(18)19/h2-4,6-13,20H,5H2,1H3. The second-order valence-corrected chi connectivity index (χ2v) is 7.12. The van der Waals surface area contributed by atoms with Crippen molar-refractivity contribution in [2.24, 2.45) is 5.10 Å². The van der Waals surface area contributed by atoms with Gasteiger partial charge in [0.25, 0.3) is 0 Å². The average Bonchev–Trinajstić information content (AvgIpc) is 3.23. The maximum atomic E-state index is 13.9. The Balaban J connectivity index is 1.61. The van der Waals surface area contributed by atoms with Crippen LogP contribution < -0.4 is 10.4 Å². The largest absolute Gasteiger partial charge is 0.288 e. The van der Waals surface area contributed by atoms with E-state index >= 15 is 0 Å². The van der Waals surface area contributed by atoms with Gasteiger partial charge in [-0.2, -0.15) is 10.2 Å². The van der Waals surface area contributed by atoms with Gasteiger partial charge in [-0.05, 0) is 42.8 Å². The number of pyridine rings is 2. The van der Waals surface area contributed by atoms with Crippen molar-refractivity contribution in [2.75, 3.05) is 5.01 Å². The van der Waals surface area contributed by atoms with E-state index in [1.807, 2.05) is 13.0 Å². The van der Waals surface area contributed by atoms with Gasteiger partial charge in [-0.1, -0.05) is 0 Å².